The minimum atomic E-state index is 0.0521. The third kappa shape index (κ3) is 3.28. The Morgan fingerprint density at radius 2 is 2.25 bits per heavy atom. The van der Waals surface area contributed by atoms with Crippen LogP contribution in [0.25, 0.3) is 0 Å². The second kappa shape index (κ2) is 5.41. The minimum Gasteiger partial charge on any atom is -0.301 e. The first-order valence-electron chi connectivity index (χ1n) is 5.68. The first-order chi connectivity index (χ1) is 7.74. The van der Waals surface area contributed by atoms with Crippen LogP contribution in [0.1, 0.15) is 25.0 Å². The number of piperidine rings is 1. The molecule has 0 radical (unpaired) electrons. The average molecular weight is 239 g/mol. The van der Waals surface area contributed by atoms with Gasteiger partial charge < -0.3 is 5.32 Å². The van der Waals surface area contributed by atoms with Crippen LogP contribution in [0.3, 0.4) is 0 Å². The van der Waals surface area contributed by atoms with Crippen LogP contribution in [0.2, 0.25) is 0 Å². The van der Waals surface area contributed by atoms with Crippen molar-refractivity contribution in [3.63, 3.8) is 0 Å². The van der Waals surface area contributed by atoms with Gasteiger partial charge in [-0.1, -0.05) is 6.42 Å². The lowest BCUT2D eigenvalue weighted by Crippen LogP contribution is -2.36. The molecule has 4 nitrogen and oxygen atoms in total. The molecule has 0 saturated carbocycles. The van der Waals surface area contributed by atoms with Gasteiger partial charge in [-0.25, -0.2) is 4.98 Å². The van der Waals surface area contributed by atoms with Crippen LogP contribution in [0.5, 0.6) is 0 Å². The number of thiazole rings is 1. The second-order valence-electron chi connectivity index (χ2n) is 4.18. The Morgan fingerprint density at radius 3 is 2.88 bits per heavy atom. The molecule has 0 aliphatic carbocycles. The number of amides is 1. The third-order valence-corrected chi connectivity index (χ3v) is 3.56. The Balaban J connectivity index is 1.79. The fourth-order valence-electron chi connectivity index (χ4n) is 1.89. The van der Waals surface area contributed by atoms with Crippen LogP contribution >= 0.6 is 11.3 Å². The predicted molar refractivity (Wildman–Crippen MR) is 65.8 cm³/mol. The molecule has 5 heteroatoms. The highest BCUT2D eigenvalue weighted by molar-refractivity contribution is 7.13. The van der Waals surface area contributed by atoms with Gasteiger partial charge in [0.25, 0.3) is 0 Å². The zero-order valence-electron chi connectivity index (χ0n) is 9.53. The summed E-state index contributed by atoms with van der Waals surface area (Å²) in [6.07, 6.45) is 3.72. The maximum atomic E-state index is 11.7. The molecule has 0 aromatic carbocycles. The maximum absolute atomic E-state index is 11.7. The van der Waals surface area contributed by atoms with Gasteiger partial charge in [-0.05, 0) is 32.9 Å². The molecular weight excluding hydrogens is 222 g/mol. The van der Waals surface area contributed by atoms with E-state index in [0.29, 0.717) is 11.7 Å². The number of aromatic nitrogens is 1. The van der Waals surface area contributed by atoms with Crippen molar-refractivity contribution in [1.82, 2.24) is 9.88 Å². The molecule has 1 aromatic rings. The topological polar surface area (TPSA) is 45.2 Å². The van der Waals surface area contributed by atoms with Crippen molar-refractivity contribution in [1.29, 1.82) is 0 Å². The number of carbonyl (C=O) groups excluding carboxylic acids is 1. The Bertz CT molecular complexity index is 358. The van der Waals surface area contributed by atoms with Crippen LogP contribution < -0.4 is 5.32 Å². The Hall–Kier alpha value is -0.940. The summed E-state index contributed by atoms with van der Waals surface area (Å²) in [5.74, 6) is 0.0521. The van der Waals surface area contributed by atoms with Gasteiger partial charge in [0.05, 0.1) is 12.2 Å². The van der Waals surface area contributed by atoms with Gasteiger partial charge >= 0.3 is 0 Å². The maximum Gasteiger partial charge on any atom is 0.240 e. The third-order valence-electron chi connectivity index (χ3n) is 2.68. The number of anilines is 1. The summed E-state index contributed by atoms with van der Waals surface area (Å²) in [5, 5.41) is 5.49. The number of rotatable bonds is 3. The van der Waals surface area contributed by atoms with Crippen LogP contribution in [0.15, 0.2) is 5.38 Å². The Morgan fingerprint density at radius 1 is 1.50 bits per heavy atom. The van der Waals surface area contributed by atoms with Gasteiger partial charge in [0.2, 0.25) is 5.91 Å². The molecule has 1 fully saturated rings. The summed E-state index contributed by atoms with van der Waals surface area (Å²) in [4.78, 5) is 18.1. The molecule has 1 amide bonds. The summed E-state index contributed by atoms with van der Waals surface area (Å²) in [7, 11) is 0. The smallest absolute Gasteiger partial charge is 0.240 e. The van der Waals surface area contributed by atoms with E-state index < -0.39 is 0 Å². The lowest BCUT2D eigenvalue weighted by atomic mass is 10.1. The van der Waals surface area contributed by atoms with Crippen LogP contribution in [-0.4, -0.2) is 35.4 Å². The Kier molecular flexibility index (Phi) is 3.90. The number of hydrogen-bond acceptors (Lipinski definition) is 4. The fourth-order valence-corrected chi connectivity index (χ4v) is 2.60. The lowest BCUT2D eigenvalue weighted by molar-refractivity contribution is -0.117. The second-order valence-corrected chi connectivity index (χ2v) is 5.04. The zero-order valence-corrected chi connectivity index (χ0v) is 10.3. The van der Waals surface area contributed by atoms with Crippen molar-refractivity contribution >= 4 is 22.4 Å². The molecular formula is C11H17N3OS. The number of carbonyl (C=O) groups is 1. The molecule has 0 bridgehead atoms. The first-order valence-corrected chi connectivity index (χ1v) is 6.56. The van der Waals surface area contributed by atoms with E-state index in [2.05, 4.69) is 15.2 Å². The highest BCUT2D eigenvalue weighted by atomic mass is 32.1. The normalized spacial score (nSPS) is 17.3. The summed E-state index contributed by atoms with van der Waals surface area (Å²) < 4.78 is 0. The Labute approximate surface area is 99.7 Å². The van der Waals surface area contributed by atoms with Crippen molar-refractivity contribution in [2.45, 2.75) is 26.2 Å². The van der Waals surface area contributed by atoms with Gasteiger partial charge in [-0.2, -0.15) is 0 Å². The molecule has 0 spiro atoms. The number of nitrogens with one attached hydrogen (secondary N) is 1. The summed E-state index contributed by atoms with van der Waals surface area (Å²) in [6.45, 7) is 4.52. The standard InChI is InChI=1S/C11H17N3OS/c1-9-8-16-11(12-9)13-10(15)7-14-5-3-2-4-6-14/h8H,2-7H2,1H3,(H,12,13,15). The fraction of sp³-hybridized carbons (Fsp3) is 0.636. The molecule has 1 N–H and O–H groups in total. The van der Waals surface area contributed by atoms with Gasteiger partial charge in [0.1, 0.15) is 0 Å². The van der Waals surface area contributed by atoms with E-state index in [0.717, 1.165) is 18.8 Å². The summed E-state index contributed by atoms with van der Waals surface area (Å²) in [6, 6.07) is 0. The lowest BCUT2D eigenvalue weighted by Gasteiger charge is -2.25. The molecule has 0 atom stereocenters. The van der Waals surface area contributed by atoms with E-state index in [4.69, 9.17) is 0 Å². The quantitative estimate of drug-likeness (QED) is 0.876. The van der Waals surface area contributed by atoms with Gasteiger partial charge in [-0.3, -0.25) is 9.69 Å². The van der Waals surface area contributed by atoms with Crippen molar-refractivity contribution in [2.24, 2.45) is 0 Å². The summed E-state index contributed by atoms with van der Waals surface area (Å²) in [5.41, 5.74) is 0.957. The molecule has 1 saturated heterocycles. The van der Waals surface area contributed by atoms with Gasteiger partial charge in [-0.15, -0.1) is 11.3 Å². The van der Waals surface area contributed by atoms with Crippen molar-refractivity contribution < 1.29 is 4.79 Å². The van der Waals surface area contributed by atoms with Crippen molar-refractivity contribution in [2.75, 3.05) is 25.0 Å². The highest BCUT2D eigenvalue weighted by Crippen LogP contribution is 2.14. The molecule has 0 unspecified atom stereocenters. The van der Waals surface area contributed by atoms with E-state index in [9.17, 15) is 4.79 Å². The molecule has 1 aromatic heterocycles. The molecule has 88 valence electrons. The summed E-state index contributed by atoms with van der Waals surface area (Å²) >= 11 is 1.48. The van der Waals surface area contributed by atoms with E-state index in [-0.39, 0.29) is 5.91 Å². The van der Waals surface area contributed by atoms with Crippen molar-refractivity contribution in [3.05, 3.63) is 11.1 Å². The van der Waals surface area contributed by atoms with E-state index >= 15 is 0 Å². The number of likely N-dealkylation sites (tertiary alicyclic amines) is 1. The van der Waals surface area contributed by atoms with E-state index in [1.54, 1.807) is 0 Å². The number of nitrogens with zero attached hydrogens (tertiary/aromatic N) is 2. The monoisotopic (exact) mass is 239 g/mol. The van der Waals surface area contributed by atoms with E-state index in [1.165, 1.54) is 30.6 Å². The largest absolute Gasteiger partial charge is 0.301 e. The number of hydrogen-bond donors (Lipinski definition) is 1. The average Bonchev–Trinajstić information content (AvgIpc) is 2.65. The molecule has 1 aliphatic rings. The molecule has 2 heterocycles. The predicted octanol–water partition coefficient (Wildman–Crippen LogP) is 1.88. The zero-order chi connectivity index (χ0) is 11.4. The molecule has 2 rings (SSSR count). The van der Waals surface area contributed by atoms with Gasteiger partial charge in [0.15, 0.2) is 5.13 Å². The first kappa shape index (κ1) is 11.5. The van der Waals surface area contributed by atoms with Crippen LogP contribution in [-0.2, 0) is 4.79 Å². The minimum absolute atomic E-state index is 0.0521. The van der Waals surface area contributed by atoms with E-state index in [1.807, 2.05) is 12.3 Å². The SMILES string of the molecule is Cc1csc(NC(=O)CN2CCCCC2)n1. The van der Waals surface area contributed by atoms with Gasteiger partial charge in [0, 0.05) is 5.38 Å². The molecule has 1 aliphatic heterocycles. The molecule has 16 heavy (non-hydrogen) atoms. The highest BCUT2D eigenvalue weighted by Gasteiger charge is 2.14. The van der Waals surface area contributed by atoms with Crippen LogP contribution in [0.4, 0.5) is 5.13 Å². The van der Waals surface area contributed by atoms with Crippen LogP contribution in [0, 0.1) is 6.92 Å². The number of aryl methyl sites for hydroxylation is 1. The van der Waals surface area contributed by atoms with Crippen molar-refractivity contribution in [3.8, 4) is 0 Å².